The molecule has 0 amide bonds. The molecule has 4 rings (SSSR count). The number of aryl methyl sites for hydroxylation is 2. The van der Waals surface area contributed by atoms with Crippen LogP contribution in [-0.4, -0.2) is 28.8 Å². The van der Waals surface area contributed by atoms with Crippen LogP contribution < -0.4 is 10.6 Å². The lowest BCUT2D eigenvalue weighted by Gasteiger charge is -2.29. The first-order valence-corrected chi connectivity index (χ1v) is 10.6. The highest BCUT2D eigenvalue weighted by molar-refractivity contribution is 6.02. The van der Waals surface area contributed by atoms with Gasteiger partial charge in [-0.3, -0.25) is 4.79 Å². The van der Waals surface area contributed by atoms with Gasteiger partial charge in [-0.15, -0.1) is 0 Å². The number of carbonyl (C=O) groups excluding carboxylic acids is 1. The molecule has 3 aromatic rings. The molecule has 30 heavy (non-hydrogen) atoms. The highest BCUT2D eigenvalue weighted by Crippen LogP contribution is 2.25. The number of hydrogen-bond acceptors (Lipinski definition) is 5. The number of nitrogens with two attached hydrogens (primary N) is 1. The van der Waals surface area contributed by atoms with Gasteiger partial charge < -0.3 is 10.6 Å². The van der Waals surface area contributed by atoms with Gasteiger partial charge in [0.2, 0.25) is 0 Å². The van der Waals surface area contributed by atoms with Crippen LogP contribution in [0.4, 0.5) is 11.4 Å². The average molecular weight is 401 g/mol. The van der Waals surface area contributed by atoms with Gasteiger partial charge in [-0.1, -0.05) is 18.2 Å². The minimum atomic E-state index is -0.0507. The fraction of sp³-hybridized carbons (Fsp3) is 0.320. The summed E-state index contributed by atoms with van der Waals surface area (Å²) in [4.78, 5) is 24.1. The predicted molar refractivity (Wildman–Crippen MR) is 122 cm³/mol. The van der Waals surface area contributed by atoms with Crippen LogP contribution in [0.25, 0.3) is 11.1 Å². The van der Waals surface area contributed by atoms with E-state index in [1.165, 1.54) is 30.4 Å². The zero-order valence-electron chi connectivity index (χ0n) is 17.7. The van der Waals surface area contributed by atoms with Crippen LogP contribution in [-0.2, 0) is 6.42 Å². The topological polar surface area (TPSA) is 72.1 Å². The Morgan fingerprint density at radius 2 is 1.67 bits per heavy atom. The van der Waals surface area contributed by atoms with Crippen molar-refractivity contribution in [3.63, 3.8) is 0 Å². The van der Waals surface area contributed by atoms with Crippen molar-refractivity contribution >= 4 is 17.2 Å². The molecular weight excluding hydrogens is 372 g/mol. The summed E-state index contributed by atoms with van der Waals surface area (Å²) in [6, 6.07) is 12.1. The third-order valence-electron chi connectivity index (χ3n) is 5.92. The molecule has 0 unspecified atom stereocenters. The lowest BCUT2D eigenvalue weighted by molar-refractivity contribution is 0.0991. The van der Waals surface area contributed by atoms with Gasteiger partial charge in [-0.05, 0) is 68.0 Å². The van der Waals surface area contributed by atoms with Crippen molar-refractivity contribution in [1.82, 2.24) is 9.97 Å². The molecule has 0 atom stereocenters. The van der Waals surface area contributed by atoms with E-state index in [0.717, 1.165) is 29.9 Å². The smallest absolute Gasteiger partial charge is 0.172 e. The van der Waals surface area contributed by atoms with E-state index >= 15 is 0 Å². The molecule has 2 heterocycles. The maximum atomic E-state index is 12.9. The van der Waals surface area contributed by atoms with Crippen molar-refractivity contribution < 1.29 is 4.79 Å². The van der Waals surface area contributed by atoms with E-state index in [-0.39, 0.29) is 12.2 Å². The second-order valence-corrected chi connectivity index (χ2v) is 8.11. The van der Waals surface area contributed by atoms with Crippen LogP contribution in [0.15, 0.2) is 48.8 Å². The molecule has 0 spiro atoms. The Balaban J connectivity index is 1.50. The van der Waals surface area contributed by atoms with E-state index in [0.29, 0.717) is 17.1 Å². The quantitative estimate of drug-likeness (QED) is 0.494. The third kappa shape index (κ3) is 4.35. The van der Waals surface area contributed by atoms with Crippen LogP contribution in [0, 0.1) is 13.8 Å². The maximum absolute atomic E-state index is 12.9. The van der Waals surface area contributed by atoms with Gasteiger partial charge in [-0.2, -0.15) is 0 Å². The Hall–Kier alpha value is -3.21. The van der Waals surface area contributed by atoms with E-state index in [9.17, 15) is 4.79 Å². The van der Waals surface area contributed by atoms with Crippen LogP contribution in [0.3, 0.4) is 0 Å². The van der Waals surface area contributed by atoms with E-state index in [1.54, 1.807) is 12.4 Å². The standard InChI is InChI=1S/C25H28N4O/c1-17-6-7-19(12-18(17)2)20-15-27-25(28-16-20)14-24(30)22-13-21(8-9-23(22)26)29-10-4-3-5-11-29/h6-9,12-13,15-16H,3-5,10-11,14,26H2,1-2H3. The number of ketones is 1. The van der Waals surface area contributed by atoms with E-state index in [2.05, 4.69) is 46.9 Å². The van der Waals surface area contributed by atoms with Crippen molar-refractivity contribution in [2.24, 2.45) is 0 Å². The minimum Gasteiger partial charge on any atom is -0.398 e. The summed E-state index contributed by atoms with van der Waals surface area (Å²) in [7, 11) is 0. The Morgan fingerprint density at radius 1 is 0.933 bits per heavy atom. The van der Waals surface area contributed by atoms with Crippen LogP contribution in [0.1, 0.15) is 46.6 Å². The van der Waals surface area contributed by atoms with E-state index < -0.39 is 0 Å². The second-order valence-electron chi connectivity index (χ2n) is 8.11. The van der Waals surface area contributed by atoms with Crippen molar-refractivity contribution in [2.45, 2.75) is 39.5 Å². The molecule has 154 valence electrons. The van der Waals surface area contributed by atoms with Gasteiger partial charge in [0, 0.05) is 48.0 Å². The molecule has 5 nitrogen and oxygen atoms in total. The van der Waals surface area contributed by atoms with Crippen LogP contribution >= 0.6 is 0 Å². The molecule has 1 aliphatic heterocycles. The van der Waals surface area contributed by atoms with Gasteiger partial charge >= 0.3 is 0 Å². The molecule has 0 radical (unpaired) electrons. The number of rotatable bonds is 5. The molecule has 0 saturated carbocycles. The summed E-state index contributed by atoms with van der Waals surface area (Å²) >= 11 is 0. The summed E-state index contributed by atoms with van der Waals surface area (Å²) in [6.07, 6.45) is 7.36. The van der Waals surface area contributed by atoms with Gasteiger partial charge in [0.05, 0.1) is 6.42 Å². The molecule has 1 saturated heterocycles. The van der Waals surface area contributed by atoms with Crippen molar-refractivity contribution in [3.05, 3.63) is 71.3 Å². The highest BCUT2D eigenvalue weighted by Gasteiger charge is 2.17. The number of piperidine rings is 1. The predicted octanol–water partition coefficient (Wildman–Crippen LogP) is 4.76. The lowest BCUT2D eigenvalue weighted by atomic mass is 10.0. The largest absolute Gasteiger partial charge is 0.398 e. The number of aromatic nitrogens is 2. The third-order valence-corrected chi connectivity index (χ3v) is 5.92. The fourth-order valence-electron chi connectivity index (χ4n) is 3.89. The molecular formula is C25H28N4O. The number of benzene rings is 2. The average Bonchev–Trinajstić information content (AvgIpc) is 2.77. The number of Topliss-reactive ketones (excluding diaryl/α,β-unsaturated/α-hetero) is 1. The first-order chi connectivity index (χ1) is 14.5. The van der Waals surface area contributed by atoms with Crippen molar-refractivity contribution in [1.29, 1.82) is 0 Å². The zero-order valence-corrected chi connectivity index (χ0v) is 17.7. The van der Waals surface area contributed by atoms with E-state index in [1.807, 2.05) is 18.2 Å². The van der Waals surface area contributed by atoms with Crippen LogP contribution in [0.2, 0.25) is 0 Å². The molecule has 2 aromatic carbocycles. The van der Waals surface area contributed by atoms with Crippen molar-refractivity contribution in [3.8, 4) is 11.1 Å². The molecule has 2 N–H and O–H groups in total. The molecule has 0 aliphatic carbocycles. The number of carbonyl (C=O) groups is 1. The Morgan fingerprint density at radius 3 is 2.37 bits per heavy atom. The highest BCUT2D eigenvalue weighted by atomic mass is 16.1. The van der Waals surface area contributed by atoms with Gasteiger partial charge in [0.25, 0.3) is 0 Å². The molecule has 1 aliphatic rings. The summed E-state index contributed by atoms with van der Waals surface area (Å²) in [5.74, 6) is 0.459. The second kappa shape index (κ2) is 8.66. The number of nitrogen functional groups attached to an aromatic ring is 1. The van der Waals surface area contributed by atoms with E-state index in [4.69, 9.17) is 5.73 Å². The van der Waals surface area contributed by atoms with Gasteiger partial charge in [-0.25, -0.2) is 9.97 Å². The minimum absolute atomic E-state index is 0.0507. The monoisotopic (exact) mass is 400 g/mol. The molecule has 5 heteroatoms. The Kier molecular flexibility index (Phi) is 5.79. The number of nitrogens with zero attached hydrogens (tertiary/aromatic N) is 3. The van der Waals surface area contributed by atoms with Gasteiger partial charge in [0.1, 0.15) is 5.82 Å². The summed E-state index contributed by atoms with van der Waals surface area (Å²) in [6.45, 7) is 6.24. The van der Waals surface area contributed by atoms with Crippen molar-refractivity contribution in [2.75, 3.05) is 23.7 Å². The summed E-state index contributed by atoms with van der Waals surface area (Å²) < 4.78 is 0. The summed E-state index contributed by atoms with van der Waals surface area (Å²) in [5, 5.41) is 0. The van der Waals surface area contributed by atoms with Crippen LogP contribution in [0.5, 0.6) is 0 Å². The van der Waals surface area contributed by atoms with Gasteiger partial charge in [0.15, 0.2) is 5.78 Å². The number of hydrogen-bond donors (Lipinski definition) is 1. The lowest BCUT2D eigenvalue weighted by Crippen LogP contribution is -2.29. The maximum Gasteiger partial charge on any atom is 0.172 e. The number of anilines is 2. The molecule has 0 bridgehead atoms. The Labute approximate surface area is 178 Å². The Bertz CT molecular complexity index is 1050. The zero-order chi connectivity index (χ0) is 21.1. The first-order valence-electron chi connectivity index (χ1n) is 10.6. The first kappa shape index (κ1) is 20.1. The molecule has 1 aromatic heterocycles. The molecule has 1 fully saturated rings. The summed E-state index contributed by atoms with van der Waals surface area (Å²) in [5.41, 5.74) is 12.8. The normalized spacial score (nSPS) is 14.0. The fourth-order valence-corrected chi connectivity index (χ4v) is 3.89. The SMILES string of the molecule is Cc1ccc(-c2cnc(CC(=O)c3cc(N4CCCCC4)ccc3N)nc2)cc1C.